The van der Waals surface area contributed by atoms with Crippen molar-refractivity contribution in [2.45, 2.75) is 18.9 Å². The number of benzene rings is 2. The predicted octanol–water partition coefficient (Wildman–Crippen LogP) is 2.73. The first-order valence-electron chi connectivity index (χ1n) is 6.44. The molecule has 0 aliphatic carbocycles. The molecule has 0 saturated carbocycles. The van der Waals surface area contributed by atoms with E-state index in [0.29, 0.717) is 5.69 Å². The van der Waals surface area contributed by atoms with Crippen LogP contribution in [-0.2, 0) is 9.59 Å². The number of nitrogens with one attached hydrogen (secondary N) is 1. The molecule has 0 aromatic heterocycles. The standard InChI is InChI=1S/C15H15BrN2O3/c16-11-5-7-13(10-4-2-1-3-9(10)11)18-15(21)12(17)6-8-14(19)20/h1-5,7,12H,6,8,17H2,(H,18,21)(H,19,20). The largest absolute Gasteiger partial charge is 0.481 e. The Kier molecular flexibility index (Phi) is 4.93. The smallest absolute Gasteiger partial charge is 0.303 e. The molecule has 0 aliphatic heterocycles. The van der Waals surface area contributed by atoms with Crippen molar-refractivity contribution in [3.05, 3.63) is 40.9 Å². The van der Waals surface area contributed by atoms with Gasteiger partial charge in [-0.1, -0.05) is 40.2 Å². The fraction of sp³-hybridized carbons (Fsp3) is 0.200. The molecule has 1 unspecified atom stereocenters. The van der Waals surface area contributed by atoms with Gasteiger partial charge in [-0.2, -0.15) is 0 Å². The van der Waals surface area contributed by atoms with E-state index in [-0.39, 0.29) is 18.7 Å². The SMILES string of the molecule is NC(CCC(=O)O)C(=O)Nc1ccc(Br)c2ccccc12. The quantitative estimate of drug-likeness (QED) is 0.772. The monoisotopic (exact) mass is 350 g/mol. The van der Waals surface area contributed by atoms with Crippen molar-refractivity contribution in [3.8, 4) is 0 Å². The van der Waals surface area contributed by atoms with Crippen molar-refractivity contribution in [1.29, 1.82) is 0 Å². The normalized spacial score (nSPS) is 12.1. The Hall–Kier alpha value is -1.92. The summed E-state index contributed by atoms with van der Waals surface area (Å²) in [5.41, 5.74) is 6.36. The number of amides is 1. The molecule has 2 aromatic carbocycles. The highest BCUT2D eigenvalue weighted by Crippen LogP contribution is 2.29. The molecule has 21 heavy (non-hydrogen) atoms. The van der Waals surface area contributed by atoms with Crippen molar-refractivity contribution < 1.29 is 14.7 Å². The van der Waals surface area contributed by atoms with Crippen LogP contribution in [0.5, 0.6) is 0 Å². The van der Waals surface area contributed by atoms with Crippen LogP contribution in [0.1, 0.15) is 12.8 Å². The molecule has 0 saturated heterocycles. The summed E-state index contributed by atoms with van der Waals surface area (Å²) >= 11 is 3.46. The highest BCUT2D eigenvalue weighted by atomic mass is 79.9. The van der Waals surface area contributed by atoms with Gasteiger partial charge in [-0.3, -0.25) is 9.59 Å². The first kappa shape index (κ1) is 15.5. The Morgan fingerprint density at radius 3 is 2.52 bits per heavy atom. The molecule has 1 atom stereocenters. The van der Waals surface area contributed by atoms with E-state index in [1.165, 1.54) is 0 Å². The molecule has 0 radical (unpaired) electrons. The minimum Gasteiger partial charge on any atom is -0.481 e. The van der Waals surface area contributed by atoms with Crippen molar-refractivity contribution in [2.75, 3.05) is 5.32 Å². The zero-order valence-electron chi connectivity index (χ0n) is 11.2. The average molecular weight is 351 g/mol. The second kappa shape index (κ2) is 6.69. The van der Waals surface area contributed by atoms with Crippen LogP contribution in [0.15, 0.2) is 40.9 Å². The lowest BCUT2D eigenvalue weighted by Gasteiger charge is -2.13. The van der Waals surface area contributed by atoms with Crippen LogP contribution < -0.4 is 11.1 Å². The summed E-state index contributed by atoms with van der Waals surface area (Å²) in [6, 6.07) is 10.4. The van der Waals surface area contributed by atoms with E-state index in [1.807, 2.05) is 30.3 Å². The number of rotatable bonds is 5. The third kappa shape index (κ3) is 3.80. The Bertz CT molecular complexity index is 688. The number of carboxylic acid groups (broad SMARTS) is 1. The molecule has 6 heteroatoms. The van der Waals surface area contributed by atoms with E-state index >= 15 is 0 Å². The van der Waals surface area contributed by atoms with E-state index in [4.69, 9.17) is 10.8 Å². The first-order valence-corrected chi connectivity index (χ1v) is 7.24. The summed E-state index contributed by atoms with van der Waals surface area (Å²) in [5, 5.41) is 13.2. The lowest BCUT2D eigenvalue weighted by molar-refractivity contribution is -0.137. The van der Waals surface area contributed by atoms with E-state index in [9.17, 15) is 9.59 Å². The maximum atomic E-state index is 12.0. The number of carbonyl (C=O) groups is 2. The van der Waals surface area contributed by atoms with Gasteiger partial charge >= 0.3 is 5.97 Å². The fourth-order valence-electron chi connectivity index (χ4n) is 2.01. The van der Waals surface area contributed by atoms with Crippen molar-refractivity contribution in [1.82, 2.24) is 0 Å². The summed E-state index contributed by atoms with van der Waals surface area (Å²) in [4.78, 5) is 22.5. The van der Waals surface area contributed by atoms with Gasteiger partial charge in [0, 0.05) is 22.0 Å². The molecular formula is C15H15BrN2O3. The van der Waals surface area contributed by atoms with Gasteiger partial charge in [-0.25, -0.2) is 0 Å². The summed E-state index contributed by atoms with van der Waals surface area (Å²) in [7, 11) is 0. The van der Waals surface area contributed by atoms with Crippen molar-refractivity contribution >= 4 is 44.3 Å². The molecule has 4 N–H and O–H groups in total. The molecule has 2 aromatic rings. The number of halogens is 1. The summed E-state index contributed by atoms with van der Waals surface area (Å²) in [6.45, 7) is 0. The van der Waals surface area contributed by atoms with Gasteiger partial charge in [0.05, 0.1) is 6.04 Å². The van der Waals surface area contributed by atoms with E-state index in [0.717, 1.165) is 15.2 Å². The van der Waals surface area contributed by atoms with Gasteiger partial charge in [-0.15, -0.1) is 0 Å². The Morgan fingerprint density at radius 2 is 1.86 bits per heavy atom. The number of hydrogen-bond donors (Lipinski definition) is 3. The number of hydrogen-bond acceptors (Lipinski definition) is 3. The predicted molar refractivity (Wildman–Crippen MR) is 85.1 cm³/mol. The summed E-state index contributed by atoms with van der Waals surface area (Å²) in [6.07, 6.45) is -0.0225. The lowest BCUT2D eigenvalue weighted by Crippen LogP contribution is -2.36. The number of carbonyl (C=O) groups excluding carboxylic acids is 1. The second-order valence-electron chi connectivity index (χ2n) is 4.67. The zero-order chi connectivity index (χ0) is 15.4. The number of nitrogens with two attached hydrogens (primary N) is 1. The maximum absolute atomic E-state index is 12.0. The van der Waals surface area contributed by atoms with Gasteiger partial charge in [0.15, 0.2) is 0 Å². The third-order valence-corrected chi connectivity index (χ3v) is 3.83. The Labute approximate surface area is 130 Å². The van der Waals surface area contributed by atoms with Crippen LogP contribution in [0.3, 0.4) is 0 Å². The van der Waals surface area contributed by atoms with Gasteiger partial charge < -0.3 is 16.2 Å². The number of carboxylic acids is 1. The van der Waals surface area contributed by atoms with Crippen LogP contribution >= 0.6 is 15.9 Å². The summed E-state index contributed by atoms with van der Waals surface area (Å²) in [5.74, 6) is -1.35. The maximum Gasteiger partial charge on any atom is 0.303 e. The van der Waals surface area contributed by atoms with E-state index in [1.54, 1.807) is 6.07 Å². The van der Waals surface area contributed by atoms with Gasteiger partial charge in [0.2, 0.25) is 5.91 Å². The van der Waals surface area contributed by atoms with Crippen molar-refractivity contribution in [3.63, 3.8) is 0 Å². The minimum atomic E-state index is -0.965. The third-order valence-electron chi connectivity index (χ3n) is 3.13. The molecule has 0 spiro atoms. The first-order chi connectivity index (χ1) is 9.99. The molecule has 0 fully saturated rings. The van der Waals surface area contributed by atoms with Gasteiger partial charge in [-0.05, 0) is 23.9 Å². The average Bonchev–Trinajstić information content (AvgIpc) is 2.47. The van der Waals surface area contributed by atoms with Crippen LogP contribution in [0.25, 0.3) is 10.8 Å². The minimum absolute atomic E-state index is 0.107. The van der Waals surface area contributed by atoms with Crippen molar-refractivity contribution in [2.24, 2.45) is 5.73 Å². The highest BCUT2D eigenvalue weighted by molar-refractivity contribution is 9.10. The molecule has 0 aliphatic rings. The van der Waals surface area contributed by atoms with Crippen LogP contribution in [0.4, 0.5) is 5.69 Å². The molecule has 110 valence electrons. The summed E-state index contributed by atoms with van der Waals surface area (Å²) < 4.78 is 0.936. The van der Waals surface area contributed by atoms with Gasteiger partial charge in [0.25, 0.3) is 0 Å². The highest BCUT2D eigenvalue weighted by Gasteiger charge is 2.16. The van der Waals surface area contributed by atoms with Crippen LogP contribution in [0.2, 0.25) is 0 Å². The Morgan fingerprint density at radius 1 is 1.19 bits per heavy atom. The molecule has 1 amide bonds. The zero-order valence-corrected chi connectivity index (χ0v) is 12.8. The molecule has 2 rings (SSSR count). The molecule has 0 bridgehead atoms. The second-order valence-corrected chi connectivity index (χ2v) is 5.52. The fourth-order valence-corrected chi connectivity index (χ4v) is 2.48. The van der Waals surface area contributed by atoms with E-state index < -0.39 is 12.0 Å². The van der Waals surface area contributed by atoms with Crippen LogP contribution in [-0.4, -0.2) is 23.0 Å². The molecular weight excluding hydrogens is 336 g/mol. The lowest BCUT2D eigenvalue weighted by atomic mass is 10.1. The number of aliphatic carboxylic acids is 1. The number of fused-ring (bicyclic) bond motifs is 1. The Balaban J connectivity index is 2.18. The van der Waals surface area contributed by atoms with E-state index in [2.05, 4.69) is 21.2 Å². The van der Waals surface area contributed by atoms with Crippen LogP contribution in [0, 0.1) is 0 Å². The molecule has 5 nitrogen and oxygen atoms in total. The molecule has 0 heterocycles. The van der Waals surface area contributed by atoms with Gasteiger partial charge in [0.1, 0.15) is 0 Å². The number of anilines is 1. The topological polar surface area (TPSA) is 92.4 Å².